The molecule has 0 saturated heterocycles. The third kappa shape index (κ3) is 4.41. The molecule has 2 heterocycles. The van der Waals surface area contributed by atoms with Crippen LogP contribution in [0.1, 0.15) is 48.2 Å². The summed E-state index contributed by atoms with van der Waals surface area (Å²) in [6, 6.07) is 15.1. The Bertz CT molecular complexity index is 985. The van der Waals surface area contributed by atoms with Gasteiger partial charge in [0.15, 0.2) is 5.82 Å². The summed E-state index contributed by atoms with van der Waals surface area (Å²) >= 11 is 0. The molecule has 0 unspecified atom stereocenters. The fourth-order valence-corrected chi connectivity index (χ4v) is 4.30. The first kappa shape index (κ1) is 20.2. The highest BCUT2D eigenvalue weighted by Crippen LogP contribution is 2.31. The van der Waals surface area contributed by atoms with Crippen molar-refractivity contribution in [2.75, 3.05) is 6.54 Å². The molecule has 0 bridgehead atoms. The van der Waals surface area contributed by atoms with Gasteiger partial charge in [0.25, 0.3) is 0 Å². The number of aromatic nitrogens is 4. The molecule has 0 fully saturated rings. The van der Waals surface area contributed by atoms with Gasteiger partial charge in [0.1, 0.15) is 0 Å². The van der Waals surface area contributed by atoms with Gasteiger partial charge in [-0.15, -0.1) is 5.10 Å². The average Bonchev–Trinajstić information content (AvgIpc) is 3.31. The predicted octanol–water partition coefficient (Wildman–Crippen LogP) is 3.34. The maximum Gasteiger partial charge on any atom is 0.307 e. The number of carbonyl (C=O) groups is 1. The molecule has 30 heavy (non-hydrogen) atoms. The molecule has 1 aliphatic rings. The first-order valence-corrected chi connectivity index (χ1v) is 10.5. The van der Waals surface area contributed by atoms with Crippen molar-refractivity contribution in [1.29, 1.82) is 0 Å². The number of aromatic amines is 1. The van der Waals surface area contributed by atoms with Crippen molar-refractivity contribution < 1.29 is 9.90 Å². The first-order chi connectivity index (χ1) is 14.7. The fraction of sp³-hybridized carbons (Fsp3) is 0.391. The molecule has 3 N–H and O–H groups in total. The van der Waals surface area contributed by atoms with E-state index in [0.29, 0.717) is 18.7 Å². The summed E-state index contributed by atoms with van der Waals surface area (Å²) in [4.78, 5) is 11.9. The van der Waals surface area contributed by atoms with Gasteiger partial charge < -0.3 is 10.4 Å². The third-order valence-electron chi connectivity index (χ3n) is 5.95. The van der Waals surface area contributed by atoms with Crippen LogP contribution in [0, 0.1) is 5.92 Å². The van der Waals surface area contributed by atoms with Crippen LogP contribution in [0.5, 0.6) is 0 Å². The van der Waals surface area contributed by atoms with Crippen molar-refractivity contribution in [3.05, 3.63) is 65.0 Å². The molecule has 0 amide bonds. The van der Waals surface area contributed by atoms with Crippen molar-refractivity contribution in [2.45, 2.75) is 45.1 Å². The highest BCUT2D eigenvalue weighted by molar-refractivity contribution is 5.71. The lowest BCUT2D eigenvalue weighted by Gasteiger charge is -2.21. The van der Waals surface area contributed by atoms with Gasteiger partial charge in [-0.2, -0.15) is 0 Å². The molecule has 2 atom stereocenters. The number of carboxylic acid groups (broad SMARTS) is 1. The van der Waals surface area contributed by atoms with Crippen LogP contribution in [0.2, 0.25) is 0 Å². The summed E-state index contributed by atoms with van der Waals surface area (Å²) in [5, 5.41) is 27.3. The summed E-state index contributed by atoms with van der Waals surface area (Å²) in [5.41, 5.74) is 6.25. The number of hydrogen-bond acceptors (Lipinski definition) is 5. The molecule has 4 rings (SSSR count). The van der Waals surface area contributed by atoms with Crippen molar-refractivity contribution in [2.24, 2.45) is 5.92 Å². The Morgan fingerprint density at radius 2 is 1.93 bits per heavy atom. The molecular formula is C23H27N5O2. The standard InChI is InChI=1S/C23H27N5O2/c1-2-3-20(23(29)30)21(22-25-27-28-26-22)12-15-4-6-16(7-5-15)17-8-9-19-14-24-11-10-18(19)13-17/h4-9,13,20-21,24H,2-3,10-12,14H2,1H3,(H,29,30)(H,25,26,27,28)/t20-,21-/m0/s1. The molecule has 7 heteroatoms. The molecule has 0 spiro atoms. The Balaban J connectivity index is 1.56. The Kier molecular flexibility index (Phi) is 6.18. The van der Waals surface area contributed by atoms with E-state index in [1.807, 2.05) is 6.92 Å². The molecule has 156 valence electrons. The van der Waals surface area contributed by atoms with E-state index in [4.69, 9.17) is 0 Å². The number of nitrogens with one attached hydrogen (secondary N) is 2. The first-order valence-electron chi connectivity index (χ1n) is 10.5. The topological polar surface area (TPSA) is 104 Å². The molecule has 0 radical (unpaired) electrons. The van der Waals surface area contributed by atoms with Crippen molar-refractivity contribution in [3.8, 4) is 11.1 Å². The van der Waals surface area contributed by atoms with Crippen LogP contribution >= 0.6 is 0 Å². The summed E-state index contributed by atoms with van der Waals surface area (Å²) in [7, 11) is 0. The molecule has 2 aromatic carbocycles. The minimum Gasteiger partial charge on any atom is -0.481 e. The van der Waals surface area contributed by atoms with Crippen LogP contribution in [0.15, 0.2) is 42.5 Å². The molecule has 0 aliphatic carbocycles. The van der Waals surface area contributed by atoms with Gasteiger partial charge in [-0.05, 0) is 64.1 Å². The highest BCUT2D eigenvalue weighted by Gasteiger charge is 2.31. The quantitative estimate of drug-likeness (QED) is 0.531. The van der Waals surface area contributed by atoms with Crippen LogP contribution in [0.25, 0.3) is 11.1 Å². The van der Waals surface area contributed by atoms with Crippen molar-refractivity contribution in [3.63, 3.8) is 0 Å². The number of fused-ring (bicyclic) bond motifs is 1. The lowest BCUT2D eigenvalue weighted by atomic mass is 9.83. The monoisotopic (exact) mass is 405 g/mol. The smallest absolute Gasteiger partial charge is 0.307 e. The lowest BCUT2D eigenvalue weighted by molar-refractivity contribution is -0.142. The van der Waals surface area contributed by atoms with Crippen molar-refractivity contribution in [1.82, 2.24) is 25.9 Å². The maximum absolute atomic E-state index is 11.9. The van der Waals surface area contributed by atoms with E-state index < -0.39 is 11.9 Å². The van der Waals surface area contributed by atoms with Gasteiger partial charge in [0.2, 0.25) is 0 Å². The van der Waals surface area contributed by atoms with E-state index in [9.17, 15) is 9.90 Å². The summed E-state index contributed by atoms with van der Waals surface area (Å²) < 4.78 is 0. The summed E-state index contributed by atoms with van der Waals surface area (Å²) in [6.45, 7) is 3.96. The molecule has 1 aliphatic heterocycles. The van der Waals surface area contributed by atoms with Crippen LogP contribution in [0.3, 0.4) is 0 Å². The minimum absolute atomic E-state index is 0.292. The molecule has 7 nitrogen and oxygen atoms in total. The number of hydrogen-bond donors (Lipinski definition) is 3. The number of aliphatic carboxylic acids is 1. The van der Waals surface area contributed by atoms with Gasteiger partial charge in [0.05, 0.1) is 5.92 Å². The van der Waals surface area contributed by atoms with Crippen LogP contribution < -0.4 is 5.32 Å². The number of rotatable bonds is 8. The molecule has 0 saturated carbocycles. The van der Waals surface area contributed by atoms with Crippen LogP contribution in [0.4, 0.5) is 0 Å². The van der Waals surface area contributed by atoms with Gasteiger partial charge in [-0.3, -0.25) is 4.79 Å². The zero-order valence-corrected chi connectivity index (χ0v) is 17.1. The van der Waals surface area contributed by atoms with Crippen LogP contribution in [-0.4, -0.2) is 38.2 Å². The number of tetrazole rings is 1. The number of carboxylic acids is 1. The average molecular weight is 406 g/mol. The van der Waals surface area contributed by atoms with Gasteiger partial charge in [0, 0.05) is 12.5 Å². The van der Waals surface area contributed by atoms with E-state index in [0.717, 1.165) is 31.5 Å². The second kappa shape index (κ2) is 9.17. The Morgan fingerprint density at radius 1 is 1.13 bits per heavy atom. The summed E-state index contributed by atoms with van der Waals surface area (Å²) in [6.07, 6.45) is 3.01. The minimum atomic E-state index is -0.807. The normalized spacial score (nSPS) is 15.4. The Labute approximate surface area is 175 Å². The van der Waals surface area contributed by atoms with E-state index in [1.54, 1.807) is 0 Å². The summed E-state index contributed by atoms with van der Waals surface area (Å²) in [5.74, 6) is -1.10. The molecule has 1 aromatic heterocycles. The number of nitrogens with zero attached hydrogens (tertiary/aromatic N) is 3. The SMILES string of the molecule is CCC[C@H](C(=O)O)[C@H](Cc1ccc(-c2ccc3c(c2)CCNC3)cc1)c1nnn[nH]1. The number of benzene rings is 2. The fourth-order valence-electron chi connectivity index (χ4n) is 4.30. The maximum atomic E-state index is 11.9. The largest absolute Gasteiger partial charge is 0.481 e. The van der Waals surface area contributed by atoms with Gasteiger partial charge in [-0.25, -0.2) is 5.10 Å². The Hall–Kier alpha value is -3.06. The van der Waals surface area contributed by atoms with E-state index >= 15 is 0 Å². The second-order valence-electron chi connectivity index (χ2n) is 7.94. The molecular weight excluding hydrogens is 378 g/mol. The Morgan fingerprint density at radius 3 is 2.63 bits per heavy atom. The molecule has 3 aromatic rings. The number of H-pyrrole nitrogens is 1. The van der Waals surface area contributed by atoms with E-state index in [-0.39, 0.29) is 5.92 Å². The lowest BCUT2D eigenvalue weighted by Crippen LogP contribution is -2.25. The second-order valence-corrected chi connectivity index (χ2v) is 7.94. The van der Waals surface area contributed by atoms with Crippen molar-refractivity contribution >= 4 is 5.97 Å². The van der Waals surface area contributed by atoms with E-state index in [1.165, 1.54) is 22.3 Å². The predicted molar refractivity (Wildman–Crippen MR) is 114 cm³/mol. The third-order valence-corrected chi connectivity index (χ3v) is 5.95. The van der Waals surface area contributed by atoms with Crippen LogP contribution in [-0.2, 0) is 24.2 Å². The highest BCUT2D eigenvalue weighted by atomic mass is 16.4. The van der Waals surface area contributed by atoms with Gasteiger partial charge >= 0.3 is 5.97 Å². The van der Waals surface area contributed by atoms with Gasteiger partial charge in [-0.1, -0.05) is 55.8 Å². The van der Waals surface area contributed by atoms with E-state index in [2.05, 4.69) is 68.4 Å². The zero-order valence-electron chi connectivity index (χ0n) is 17.1. The zero-order chi connectivity index (χ0) is 20.9.